The summed E-state index contributed by atoms with van der Waals surface area (Å²) >= 11 is 0. The van der Waals surface area contributed by atoms with Crippen LogP contribution in [0.25, 0.3) is 11.1 Å². The molecule has 0 aliphatic rings. The van der Waals surface area contributed by atoms with E-state index in [1.165, 1.54) is 18.5 Å². The smallest absolute Gasteiger partial charge is 0.336 e. The van der Waals surface area contributed by atoms with Gasteiger partial charge in [0, 0.05) is 18.0 Å². The third kappa shape index (κ3) is 2.32. The van der Waals surface area contributed by atoms with Gasteiger partial charge in [0.1, 0.15) is 0 Å². The lowest BCUT2D eigenvalue weighted by atomic mass is 10.0. The second-order valence-corrected chi connectivity index (χ2v) is 3.58. The predicted octanol–water partition coefficient (Wildman–Crippen LogP) is 1.94. The quantitative estimate of drug-likeness (QED) is 0.843. The monoisotopic (exact) mass is 229 g/mol. The van der Waals surface area contributed by atoms with Crippen molar-refractivity contribution in [2.24, 2.45) is 0 Å². The van der Waals surface area contributed by atoms with Gasteiger partial charge in [0.2, 0.25) is 0 Å². The summed E-state index contributed by atoms with van der Waals surface area (Å²) in [5.74, 6) is -0.989. The summed E-state index contributed by atoms with van der Waals surface area (Å²) in [5, 5.41) is 18.1. The second-order valence-electron chi connectivity index (χ2n) is 3.58. The minimum absolute atomic E-state index is 0.0729. The van der Waals surface area contributed by atoms with Crippen LogP contribution in [0.2, 0.25) is 0 Å². The van der Waals surface area contributed by atoms with E-state index in [9.17, 15) is 4.79 Å². The molecule has 2 N–H and O–H groups in total. The van der Waals surface area contributed by atoms with Gasteiger partial charge in [-0.25, -0.2) is 4.79 Å². The number of aromatic carboxylic acids is 1. The topological polar surface area (TPSA) is 70.4 Å². The molecule has 17 heavy (non-hydrogen) atoms. The standard InChI is InChI=1S/C13H11NO3/c15-8-9-2-1-3-10(6-9)12-7-14-5-4-11(12)13(16)17/h1-7,15H,8H2,(H,16,17). The van der Waals surface area contributed by atoms with E-state index in [-0.39, 0.29) is 12.2 Å². The maximum absolute atomic E-state index is 11.1. The Kier molecular flexibility index (Phi) is 3.16. The largest absolute Gasteiger partial charge is 0.478 e. The van der Waals surface area contributed by atoms with Crippen molar-refractivity contribution in [2.75, 3.05) is 0 Å². The summed E-state index contributed by atoms with van der Waals surface area (Å²) in [6, 6.07) is 8.56. The number of benzene rings is 1. The Bertz CT molecular complexity index is 552. The van der Waals surface area contributed by atoms with Gasteiger partial charge in [-0.1, -0.05) is 18.2 Å². The molecule has 2 aromatic rings. The van der Waals surface area contributed by atoms with Gasteiger partial charge in [-0.2, -0.15) is 0 Å². The van der Waals surface area contributed by atoms with Gasteiger partial charge in [0.15, 0.2) is 0 Å². The molecule has 0 unspecified atom stereocenters. The van der Waals surface area contributed by atoms with Crippen molar-refractivity contribution in [3.63, 3.8) is 0 Å². The molecule has 1 aromatic heterocycles. The summed E-state index contributed by atoms with van der Waals surface area (Å²) in [6.07, 6.45) is 2.96. The molecule has 0 bridgehead atoms. The van der Waals surface area contributed by atoms with Crippen molar-refractivity contribution >= 4 is 5.97 Å². The molecule has 4 heteroatoms. The number of carbonyl (C=O) groups is 1. The maximum atomic E-state index is 11.1. The van der Waals surface area contributed by atoms with Crippen molar-refractivity contribution < 1.29 is 15.0 Å². The van der Waals surface area contributed by atoms with E-state index in [2.05, 4.69) is 4.98 Å². The summed E-state index contributed by atoms with van der Waals surface area (Å²) in [6.45, 7) is -0.0729. The lowest BCUT2D eigenvalue weighted by molar-refractivity contribution is 0.0697. The molecule has 0 amide bonds. The number of pyridine rings is 1. The molecule has 0 fully saturated rings. The Balaban J connectivity index is 2.56. The number of aliphatic hydroxyl groups excluding tert-OH is 1. The average molecular weight is 229 g/mol. The minimum atomic E-state index is -0.989. The third-order valence-electron chi connectivity index (χ3n) is 2.47. The Hall–Kier alpha value is -2.20. The summed E-state index contributed by atoms with van der Waals surface area (Å²) < 4.78 is 0. The third-order valence-corrected chi connectivity index (χ3v) is 2.47. The summed E-state index contributed by atoms with van der Waals surface area (Å²) in [5.41, 5.74) is 2.23. The van der Waals surface area contributed by atoms with E-state index in [4.69, 9.17) is 10.2 Å². The highest BCUT2D eigenvalue weighted by Gasteiger charge is 2.11. The van der Waals surface area contributed by atoms with E-state index in [0.29, 0.717) is 5.56 Å². The van der Waals surface area contributed by atoms with Gasteiger partial charge in [-0.05, 0) is 23.3 Å². The van der Waals surface area contributed by atoms with Crippen LogP contribution in [0.15, 0.2) is 42.7 Å². The first-order valence-corrected chi connectivity index (χ1v) is 5.10. The lowest BCUT2D eigenvalue weighted by Gasteiger charge is -2.06. The number of carboxylic acids is 1. The van der Waals surface area contributed by atoms with Crippen LogP contribution in [-0.2, 0) is 6.61 Å². The van der Waals surface area contributed by atoms with E-state index in [1.807, 2.05) is 0 Å². The Labute approximate surface area is 98.2 Å². The molecule has 1 heterocycles. The Morgan fingerprint density at radius 1 is 1.29 bits per heavy atom. The number of nitrogens with zero attached hydrogens (tertiary/aromatic N) is 1. The molecule has 2 rings (SSSR count). The lowest BCUT2D eigenvalue weighted by Crippen LogP contribution is -2.00. The number of rotatable bonds is 3. The van der Waals surface area contributed by atoms with Gasteiger partial charge < -0.3 is 10.2 Å². The first-order valence-electron chi connectivity index (χ1n) is 5.10. The SMILES string of the molecule is O=C(O)c1ccncc1-c1cccc(CO)c1. The zero-order valence-corrected chi connectivity index (χ0v) is 9.00. The van der Waals surface area contributed by atoms with Crippen molar-refractivity contribution in [1.82, 2.24) is 4.98 Å². The van der Waals surface area contributed by atoms with E-state index in [1.54, 1.807) is 24.3 Å². The average Bonchev–Trinajstić information content (AvgIpc) is 2.39. The normalized spacial score (nSPS) is 10.2. The van der Waals surface area contributed by atoms with Crippen molar-refractivity contribution in [1.29, 1.82) is 0 Å². The molecule has 0 spiro atoms. The van der Waals surface area contributed by atoms with Crippen LogP contribution >= 0.6 is 0 Å². The van der Waals surface area contributed by atoms with Gasteiger partial charge >= 0.3 is 5.97 Å². The molecule has 4 nitrogen and oxygen atoms in total. The number of aromatic nitrogens is 1. The highest BCUT2D eigenvalue weighted by atomic mass is 16.4. The molecule has 1 aromatic carbocycles. The van der Waals surface area contributed by atoms with E-state index >= 15 is 0 Å². The maximum Gasteiger partial charge on any atom is 0.336 e. The van der Waals surface area contributed by atoms with Crippen LogP contribution in [0.1, 0.15) is 15.9 Å². The molecule has 0 atom stereocenters. The molecular formula is C13H11NO3. The van der Waals surface area contributed by atoms with Gasteiger partial charge in [-0.3, -0.25) is 4.98 Å². The van der Waals surface area contributed by atoms with Crippen LogP contribution in [0, 0.1) is 0 Å². The van der Waals surface area contributed by atoms with E-state index < -0.39 is 5.97 Å². The molecule has 86 valence electrons. The van der Waals surface area contributed by atoms with Crippen LogP contribution in [0.3, 0.4) is 0 Å². The molecule has 0 saturated carbocycles. The van der Waals surface area contributed by atoms with Crippen molar-refractivity contribution in [3.05, 3.63) is 53.9 Å². The van der Waals surface area contributed by atoms with Gasteiger partial charge in [0.25, 0.3) is 0 Å². The Morgan fingerprint density at radius 3 is 2.82 bits per heavy atom. The minimum Gasteiger partial charge on any atom is -0.478 e. The van der Waals surface area contributed by atoms with Crippen LogP contribution in [0.5, 0.6) is 0 Å². The van der Waals surface area contributed by atoms with Crippen LogP contribution in [0.4, 0.5) is 0 Å². The molecule has 0 radical (unpaired) electrons. The summed E-state index contributed by atoms with van der Waals surface area (Å²) in [4.78, 5) is 15.0. The fraction of sp³-hybridized carbons (Fsp3) is 0.0769. The predicted molar refractivity (Wildman–Crippen MR) is 62.6 cm³/mol. The Morgan fingerprint density at radius 2 is 2.12 bits per heavy atom. The van der Waals surface area contributed by atoms with Crippen molar-refractivity contribution in [3.8, 4) is 11.1 Å². The number of carboxylic acid groups (broad SMARTS) is 1. The number of hydrogen-bond acceptors (Lipinski definition) is 3. The molecule has 0 aliphatic heterocycles. The van der Waals surface area contributed by atoms with Crippen LogP contribution < -0.4 is 0 Å². The highest BCUT2D eigenvalue weighted by Crippen LogP contribution is 2.23. The molecule has 0 aliphatic carbocycles. The second kappa shape index (κ2) is 4.76. The fourth-order valence-corrected chi connectivity index (χ4v) is 1.65. The zero-order chi connectivity index (χ0) is 12.3. The number of hydrogen-bond donors (Lipinski definition) is 2. The molecular weight excluding hydrogens is 218 g/mol. The van der Waals surface area contributed by atoms with Gasteiger partial charge in [-0.15, -0.1) is 0 Å². The fourth-order valence-electron chi connectivity index (χ4n) is 1.65. The van der Waals surface area contributed by atoms with Crippen LogP contribution in [-0.4, -0.2) is 21.2 Å². The first-order chi connectivity index (χ1) is 8.22. The van der Waals surface area contributed by atoms with E-state index in [0.717, 1.165) is 11.1 Å². The van der Waals surface area contributed by atoms with Crippen molar-refractivity contribution in [2.45, 2.75) is 6.61 Å². The zero-order valence-electron chi connectivity index (χ0n) is 9.00. The number of aliphatic hydroxyl groups is 1. The van der Waals surface area contributed by atoms with Gasteiger partial charge in [0.05, 0.1) is 12.2 Å². The molecule has 0 saturated heterocycles. The first kappa shape index (κ1) is 11.3. The summed E-state index contributed by atoms with van der Waals surface area (Å²) in [7, 11) is 0. The highest BCUT2D eigenvalue weighted by molar-refractivity contribution is 5.95.